The quantitative estimate of drug-likeness (QED) is 0.471. The fourth-order valence-corrected chi connectivity index (χ4v) is 4.53. The summed E-state index contributed by atoms with van der Waals surface area (Å²) in [6.45, 7) is 3.87. The molecule has 0 bridgehead atoms. The molecule has 0 radical (unpaired) electrons. The van der Waals surface area contributed by atoms with Crippen LogP contribution in [-0.4, -0.2) is 57.1 Å². The van der Waals surface area contributed by atoms with Gasteiger partial charge in [-0.3, -0.25) is 13.9 Å². The molecule has 2 rings (SSSR count). The highest BCUT2D eigenvalue weighted by molar-refractivity contribution is 7.92. The number of sulfonamides is 1. The molecule has 0 spiro atoms. The Morgan fingerprint density at radius 1 is 1.12 bits per heavy atom. The Morgan fingerprint density at radius 3 is 2.35 bits per heavy atom. The van der Waals surface area contributed by atoms with E-state index in [2.05, 4.69) is 5.32 Å². The molecule has 0 aromatic heterocycles. The lowest BCUT2D eigenvalue weighted by Gasteiger charge is -2.33. The first-order valence-corrected chi connectivity index (χ1v) is 13.3. The fourth-order valence-electron chi connectivity index (χ4n) is 3.52. The third-order valence-electron chi connectivity index (χ3n) is 5.29. The zero-order valence-corrected chi connectivity index (χ0v) is 21.2. The first-order chi connectivity index (χ1) is 16.1. The second kappa shape index (κ2) is 12.7. The molecule has 34 heavy (non-hydrogen) atoms. The highest BCUT2D eigenvalue weighted by Crippen LogP contribution is 2.25. The maximum absolute atomic E-state index is 13.6. The van der Waals surface area contributed by atoms with E-state index in [9.17, 15) is 22.4 Å². The van der Waals surface area contributed by atoms with E-state index in [1.807, 2.05) is 37.3 Å². The van der Waals surface area contributed by atoms with Crippen LogP contribution < -0.4 is 9.62 Å². The minimum absolute atomic E-state index is 0.0637. The van der Waals surface area contributed by atoms with E-state index in [4.69, 9.17) is 11.6 Å². The SMILES string of the molecule is CCCNC(=O)[C@H](CC)N(CCc1ccccc1)C(=O)CN(c1ccc(F)c(Cl)c1)S(C)(=O)=O. The molecule has 1 atom stereocenters. The highest BCUT2D eigenvalue weighted by Gasteiger charge is 2.31. The van der Waals surface area contributed by atoms with E-state index in [1.54, 1.807) is 6.92 Å². The Hall–Kier alpha value is -2.65. The van der Waals surface area contributed by atoms with Crippen molar-refractivity contribution in [2.24, 2.45) is 0 Å². The number of nitrogens with one attached hydrogen (secondary N) is 1. The van der Waals surface area contributed by atoms with Crippen LogP contribution in [0.4, 0.5) is 10.1 Å². The van der Waals surface area contributed by atoms with Gasteiger partial charge in [-0.05, 0) is 43.0 Å². The molecule has 0 saturated heterocycles. The second-order valence-electron chi connectivity index (χ2n) is 7.91. The lowest BCUT2D eigenvalue weighted by atomic mass is 10.1. The van der Waals surface area contributed by atoms with Crippen LogP contribution in [0.1, 0.15) is 32.3 Å². The van der Waals surface area contributed by atoms with Crippen molar-refractivity contribution in [1.29, 1.82) is 0 Å². The van der Waals surface area contributed by atoms with Gasteiger partial charge in [-0.2, -0.15) is 0 Å². The number of nitrogens with zero attached hydrogens (tertiary/aromatic N) is 2. The lowest BCUT2D eigenvalue weighted by Crippen LogP contribution is -2.53. The molecule has 0 aliphatic carbocycles. The monoisotopic (exact) mass is 511 g/mol. The number of carbonyl (C=O) groups excluding carboxylic acids is 2. The molecule has 0 heterocycles. The molecular weight excluding hydrogens is 481 g/mol. The third kappa shape index (κ3) is 7.70. The van der Waals surface area contributed by atoms with Crippen molar-refractivity contribution in [3.05, 3.63) is 64.9 Å². The fraction of sp³-hybridized carbons (Fsp3) is 0.417. The van der Waals surface area contributed by atoms with E-state index in [-0.39, 0.29) is 23.2 Å². The van der Waals surface area contributed by atoms with E-state index in [1.165, 1.54) is 11.0 Å². The van der Waals surface area contributed by atoms with Gasteiger partial charge >= 0.3 is 0 Å². The van der Waals surface area contributed by atoms with Gasteiger partial charge in [-0.25, -0.2) is 12.8 Å². The summed E-state index contributed by atoms with van der Waals surface area (Å²) in [5.41, 5.74) is 1.04. The summed E-state index contributed by atoms with van der Waals surface area (Å²) in [6.07, 6.45) is 2.55. The Balaban J connectivity index is 2.36. The van der Waals surface area contributed by atoms with Crippen molar-refractivity contribution in [2.75, 3.05) is 30.2 Å². The van der Waals surface area contributed by atoms with Crippen LogP contribution in [0.3, 0.4) is 0 Å². The van der Waals surface area contributed by atoms with Gasteiger partial charge < -0.3 is 10.2 Å². The molecular formula is C24H31ClFN3O4S. The maximum Gasteiger partial charge on any atom is 0.244 e. The smallest absolute Gasteiger partial charge is 0.244 e. The summed E-state index contributed by atoms with van der Waals surface area (Å²) >= 11 is 5.84. The molecule has 2 aromatic carbocycles. The Bertz CT molecular complexity index is 1080. The first-order valence-electron chi connectivity index (χ1n) is 11.1. The minimum Gasteiger partial charge on any atom is -0.354 e. The average molecular weight is 512 g/mol. The summed E-state index contributed by atoms with van der Waals surface area (Å²) < 4.78 is 39.5. The van der Waals surface area contributed by atoms with Crippen LogP contribution in [0.2, 0.25) is 5.02 Å². The van der Waals surface area contributed by atoms with E-state index >= 15 is 0 Å². The number of rotatable bonds is 12. The normalized spacial score (nSPS) is 12.1. The number of benzene rings is 2. The number of anilines is 1. The third-order valence-corrected chi connectivity index (χ3v) is 6.72. The summed E-state index contributed by atoms with van der Waals surface area (Å²) in [5, 5.41) is 2.56. The van der Waals surface area contributed by atoms with Crippen LogP contribution in [-0.2, 0) is 26.0 Å². The highest BCUT2D eigenvalue weighted by atomic mass is 35.5. The molecule has 0 aliphatic heterocycles. The van der Waals surface area contributed by atoms with Crippen molar-refractivity contribution in [1.82, 2.24) is 10.2 Å². The van der Waals surface area contributed by atoms with Gasteiger partial charge in [0.1, 0.15) is 18.4 Å². The van der Waals surface area contributed by atoms with Gasteiger partial charge in [0.25, 0.3) is 0 Å². The standard InChI is InChI=1S/C24H31ClFN3O4S/c1-4-14-27-24(31)22(5-2)28(15-13-18-9-7-6-8-10-18)23(30)17-29(34(3,32)33)19-11-12-21(26)20(25)16-19/h6-12,16,22H,4-5,13-15,17H2,1-3H3,(H,27,31)/t22-/m0/s1. The zero-order chi connectivity index (χ0) is 25.3. The largest absolute Gasteiger partial charge is 0.354 e. The van der Waals surface area contributed by atoms with Crippen LogP contribution in [0.5, 0.6) is 0 Å². The van der Waals surface area contributed by atoms with Crippen molar-refractivity contribution in [2.45, 2.75) is 39.2 Å². The van der Waals surface area contributed by atoms with Gasteiger partial charge in [-0.15, -0.1) is 0 Å². The summed E-state index contributed by atoms with van der Waals surface area (Å²) in [4.78, 5) is 27.7. The summed E-state index contributed by atoms with van der Waals surface area (Å²) in [6, 6.07) is 12.2. The number of hydrogen-bond acceptors (Lipinski definition) is 4. The number of halogens is 2. The van der Waals surface area contributed by atoms with Crippen molar-refractivity contribution in [3.8, 4) is 0 Å². The number of hydrogen-bond donors (Lipinski definition) is 1. The second-order valence-corrected chi connectivity index (χ2v) is 10.2. The van der Waals surface area contributed by atoms with Gasteiger partial charge in [0.15, 0.2) is 0 Å². The Labute approximate surface area is 205 Å². The molecule has 2 amide bonds. The Kier molecular flexibility index (Phi) is 10.3. The molecule has 0 fully saturated rings. The lowest BCUT2D eigenvalue weighted by molar-refractivity contribution is -0.139. The van der Waals surface area contributed by atoms with Crippen LogP contribution in [0, 0.1) is 5.82 Å². The molecule has 1 N–H and O–H groups in total. The molecule has 0 aliphatic rings. The number of carbonyl (C=O) groups is 2. The van der Waals surface area contributed by atoms with E-state index < -0.39 is 34.3 Å². The van der Waals surface area contributed by atoms with Crippen LogP contribution >= 0.6 is 11.6 Å². The maximum atomic E-state index is 13.6. The zero-order valence-electron chi connectivity index (χ0n) is 19.6. The molecule has 0 saturated carbocycles. The van der Waals surface area contributed by atoms with E-state index in [0.29, 0.717) is 19.4 Å². The van der Waals surface area contributed by atoms with Crippen molar-refractivity contribution in [3.63, 3.8) is 0 Å². The number of amides is 2. The minimum atomic E-state index is -3.91. The predicted molar refractivity (Wildman–Crippen MR) is 133 cm³/mol. The molecule has 0 unspecified atom stereocenters. The molecule has 10 heteroatoms. The average Bonchev–Trinajstić information content (AvgIpc) is 2.80. The molecule has 7 nitrogen and oxygen atoms in total. The molecule has 186 valence electrons. The van der Waals surface area contributed by atoms with Crippen molar-refractivity contribution >= 4 is 39.1 Å². The van der Waals surface area contributed by atoms with Crippen molar-refractivity contribution < 1.29 is 22.4 Å². The van der Waals surface area contributed by atoms with E-state index in [0.717, 1.165) is 34.7 Å². The van der Waals surface area contributed by atoms with Crippen LogP contribution in [0.25, 0.3) is 0 Å². The Morgan fingerprint density at radius 2 is 1.79 bits per heavy atom. The topological polar surface area (TPSA) is 86.8 Å². The van der Waals surface area contributed by atoms with Gasteiger partial charge in [0.2, 0.25) is 21.8 Å². The summed E-state index contributed by atoms with van der Waals surface area (Å²) in [7, 11) is -3.91. The summed E-state index contributed by atoms with van der Waals surface area (Å²) in [5.74, 6) is -1.53. The van der Waals surface area contributed by atoms with Crippen LogP contribution in [0.15, 0.2) is 48.5 Å². The van der Waals surface area contributed by atoms with Gasteiger partial charge in [-0.1, -0.05) is 55.8 Å². The molecule has 2 aromatic rings. The first kappa shape index (κ1) is 27.6. The predicted octanol–water partition coefficient (Wildman–Crippen LogP) is 3.62. The van der Waals surface area contributed by atoms with Gasteiger partial charge in [0, 0.05) is 13.1 Å². The van der Waals surface area contributed by atoms with Gasteiger partial charge in [0.05, 0.1) is 17.0 Å².